The lowest BCUT2D eigenvalue weighted by molar-refractivity contribution is 0.0301. The topological polar surface area (TPSA) is 71.4 Å². The van der Waals surface area contributed by atoms with Crippen LogP contribution in [0.4, 0.5) is 5.69 Å². The SMILES string of the molecule is C=Nc1c(O)c(C(=O)N2CCOCC2)cc2cccc(OC)c12. The van der Waals surface area contributed by atoms with Crippen LogP contribution in [0, 0.1) is 0 Å². The molecule has 1 aliphatic heterocycles. The van der Waals surface area contributed by atoms with Gasteiger partial charge in [0.2, 0.25) is 0 Å². The Bertz CT molecular complexity index is 767. The summed E-state index contributed by atoms with van der Waals surface area (Å²) in [6.45, 7) is 5.53. The lowest BCUT2D eigenvalue weighted by Crippen LogP contribution is -2.40. The van der Waals surface area contributed by atoms with E-state index in [9.17, 15) is 9.90 Å². The van der Waals surface area contributed by atoms with Crippen LogP contribution < -0.4 is 4.74 Å². The van der Waals surface area contributed by atoms with Crippen LogP contribution in [0.5, 0.6) is 11.5 Å². The lowest BCUT2D eigenvalue weighted by Gasteiger charge is -2.27. The van der Waals surface area contributed by atoms with Crippen molar-refractivity contribution < 1.29 is 19.4 Å². The summed E-state index contributed by atoms with van der Waals surface area (Å²) in [5, 5.41) is 11.9. The molecule has 1 heterocycles. The summed E-state index contributed by atoms with van der Waals surface area (Å²) in [5.74, 6) is 0.166. The number of rotatable bonds is 3. The second-order valence-electron chi connectivity index (χ2n) is 5.24. The number of morpholine rings is 1. The lowest BCUT2D eigenvalue weighted by atomic mass is 10.0. The maximum absolute atomic E-state index is 12.7. The van der Waals surface area contributed by atoms with Crippen molar-refractivity contribution in [3.05, 3.63) is 29.8 Å². The molecule has 2 aromatic carbocycles. The molecule has 1 amide bonds. The molecule has 3 rings (SSSR count). The molecule has 1 aliphatic rings. The summed E-state index contributed by atoms with van der Waals surface area (Å²) in [5.41, 5.74) is 0.478. The number of phenols is 1. The van der Waals surface area contributed by atoms with Gasteiger partial charge in [0, 0.05) is 13.1 Å². The Labute approximate surface area is 133 Å². The Hall–Kier alpha value is -2.60. The Kier molecular flexibility index (Phi) is 4.16. The molecule has 23 heavy (non-hydrogen) atoms. The monoisotopic (exact) mass is 314 g/mol. The van der Waals surface area contributed by atoms with E-state index in [0.717, 1.165) is 5.39 Å². The van der Waals surface area contributed by atoms with Crippen molar-refractivity contribution in [3.8, 4) is 11.5 Å². The zero-order chi connectivity index (χ0) is 16.4. The largest absolute Gasteiger partial charge is 0.505 e. The normalized spacial score (nSPS) is 14.7. The van der Waals surface area contributed by atoms with Gasteiger partial charge in [0.05, 0.1) is 31.3 Å². The number of fused-ring (bicyclic) bond motifs is 1. The molecule has 1 saturated heterocycles. The third kappa shape index (κ3) is 2.61. The van der Waals surface area contributed by atoms with Crippen molar-refractivity contribution in [2.24, 2.45) is 4.99 Å². The van der Waals surface area contributed by atoms with E-state index in [1.165, 1.54) is 0 Å². The molecule has 6 nitrogen and oxygen atoms in total. The van der Waals surface area contributed by atoms with E-state index in [-0.39, 0.29) is 22.9 Å². The number of phenolic OH excluding ortho intramolecular Hbond substituents is 1. The summed E-state index contributed by atoms with van der Waals surface area (Å²) >= 11 is 0. The van der Waals surface area contributed by atoms with Crippen LogP contribution >= 0.6 is 0 Å². The molecule has 0 radical (unpaired) electrons. The second kappa shape index (κ2) is 6.26. The molecule has 0 spiro atoms. The van der Waals surface area contributed by atoms with E-state index >= 15 is 0 Å². The van der Waals surface area contributed by atoms with E-state index in [1.807, 2.05) is 12.1 Å². The standard InChI is InChI=1S/C17H18N2O4/c1-18-15-14-11(4-3-5-13(14)22-2)10-12(16(15)20)17(21)19-6-8-23-9-7-19/h3-5,10,20H,1,6-9H2,2H3. The number of ether oxygens (including phenoxy) is 2. The number of carbonyl (C=O) groups is 1. The third-order valence-corrected chi connectivity index (χ3v) is 3.98. The highest BCUT2D eigenvalue weighted by atomic mass is 16.5. The van der Waals surface area contributed by atoms with E-state index in [0.29, 0.717) is 37.4 Å². The Balaban J connectivity index is 2.17. The van der Waals surface area contributed by atoms with Crippen LogP contribution in [-0.2, 0) is 4.74 Å². The Morgan fingerprint density at radius 2 is 2.13 bits per heavy atom. The van der Waals surface area contributed by atoms with Crippen molar-refractivity contribution in [2.75, 3.05) is 33.4 Å². The predicted octanol–water partition coefficient (Wildman–Crippen LogP) is 2.36. The van der Waals surface area contributed by atoms with Crippen molar-refractivity contribution in [1.82, 2.24) is 4.90 Å². The second-order valence-corrected chi connectivity index (χ2v) is 5.24. The van der Waals surface area contributed by atoms with Crippen LogP contribution in [0.15, 0.2) is 29.3 Å². The Morgan fingerprint density at radius 1 is 1.39 bits per heavy atom. The van der Waals surface area contributed by atoms with E-state index in [1.54, 1.807) is 24.1 Å². The number of hydrogen-bond donors (Lipinski definition) is 1. The summed E-state index contributed by atoms with van der Waals surface area (Å²) in [6, 6.07) is 7.12. The van der Waals surface area contributed by atoms with Crippen molar-refractivity contribution in [3.63, 3.8) is 0 Å². The number of methoxy groups -OCH3 is 1. The minimum absolute atomic E-state index is 0.173. The number of amides is 1. The van der Waals surface area contributed by atoms with Crippen LogP contribution in [-0.4, -0.2) is 56.0 Å². The average Bonchev–Trinajstić information content (AvgIpc) is 2.61. The minimum atomic E-state index is -0.236. The van der Waals surface area contributed by atoms with Crippen molar-refractivity contribution in [2.45, 2.75) is 0 Å². The van der Waals surface area contributed by atoms with Gasteiger partial charge in [-0.15, -0.1) is 0 Å². The van der Waals surface area contributed by atoms with Gasteiger partial charge in [-0.3, -0.25) is 9.79 Å². The summed E-state index contributed by atoms with van der Waals surface area (Å²) in [4.78, 5) is 18.3. The number of carbonyl (C=O) groups excluding carboxylic acids is 1. The minimum Gasteiger partial charge on any atom is -0.505 e. The van der Waals surface area contributed by atoms with Crippen molar-refractivity contribution >= 4 is 29.1 Å². The van der Waals surface area contributed by atoms with E-state index in [4.69, 9.17) is 9.47 Å². The summed E-state index contributed by atoms with van der Waals surface area (Å²) in [7, 11) is 1.55. The van der Waals surface area contributed by atoms with Gasteiger partial charge in [0.25, 0.3) is 5.91 Å². The molecule has 2 aromatic rings. The van der Waals surface area contributed by atoms with Gasteiger partial charge in [-0.25, -0.2) is 0 Å². The first-order chi connectivity index (χ1) is 11.2. The maximum atomic E-state index is 12.7. The summed E-state index contributed by atoms with van der Waals surface area (Å²) in [6.07, 6.45) is 0. The molecule has 1 fully saturated rings. The first-order valence-corrected chi connectivity index (χ1v) is 7.33. The molecule has 1 N–H and O–H groups in total. The quantitative estimate of drug-likeness (QED) is 0.883. The van der Waals surface area contributed by atoms with Gasteiger partial charge in [-0.2, -0.15) is 0 Å². The fourth-order valence-electron chi connectivity index (χ4n) is 2.82. The van der Waals surface area contributed by atoms with Gasteiger partial charge < -0.3 is 19.5 Å². The smallest absolute Gasteiger partial charge is 0.257 e. The van der Waals surface area contributed by atoms with Gasteiger partial charge in [-0.05, 0) is 24.2 Å². The maximum Gasteiger partial charge on any atom is 0.257 e. The highest BCUT2D eigenvalue weighted by molar-refractivity contribution is 6.09. The van der Waals surface area contributed by atoms with Crippen LogP contribution in [0.3, 0.4) is 0 Å². The Morgan fingerprint density at radius 3 is 2.78 bits per heavy atom. The first-order valence-electron chi connectivity index (χ1n) is 7.33. The number of aliphatic imine (C=N–C) groups is 1. The molecule has 0 aromatic heterocycles. The van der Waals surface area contributed by atoms with Crippen LogP contribution in [0.2, 0.25) is 0 Å². The van der Waals surface area contributed by atoms with Gasteiger partial charge in [0.1, 0.15) is 11.4 Å². The van der Waals surface area contributed by atoms with Crippen molar-refractivity contribution in [1.29, 1.82) is 0 Å². The number of aromatic hydroxyl groups is 1. The summed E-state index contributed by atoms with van der Waals surface area (Å²) < 4.78 is 10.6. The highest BCUT2D eigenvalue weighted by Gasteiger charge is 2.24. The molecule has 6 heteroatoms. The predicted molar refractivity (Wildman–Crippen MR) is 88.1 cm³/mol. The molecule has 0 aliphatic carbocycles. The molecular formula is C17H18N2O4. The zero-order valence-electron chi connectivity index (χ0n) is 12.9. The molecule has 0 bridgehead atoms. The van der Waals surface area contributed by atoms with E-state index < -0.39 is 0 Å². The molecular weight excluding hydrogens is 296 g/mol. The third-order valence-electron chi connectivity index (χ3n) is 3.98. The van der Waals surface area contributed by atoms with E-state index in [2.05, 4.69) is 11.7 Å². The number of hydrogen-bond acceptors (Lipinski definition) is 5. The molecule has 0 atom stereocenters. The van der Waals surface area contributed by atoms with Gasteiger partial charge in [-0.1, -0.05) is 12.1 Å². The fourth-order valence-corrected chi connectivity index (χ4v) is 2.82. The molecule has 120 valence electrons. The zero-order valence-corrected chi connectivity index (χ0v) is 12.9. The van der Waals surface area contributed by atoms with Crippen LogP contribution in [0.1, 0.15) is 10.4 Å². The van der Waals surface area contributed by atoms with Crippen LogP contribution in [0.25, 0.3) is 10.8 Å². The average molecular weight is 314 g/mol. The van der Waals surface area contributed by atoms with Gasteiger partial charge in [0.15, 0.2) is 5.75 Å². The number of nitrogens with zero attached hydrogens (tertiary/aromatic N) is 2. The highest BCUT2D eigenvalue weighted by Crippen LogP contribution is 2.42. The first kappa shape index (κ1) is 15.3. The number of benzene rings is 2. The fraction of sp³-hybridized carbons (Fsp3) is 0.294. The molecule has 0 saturated carbocycles. The van der Waals surface area contributed by atoms with Gasteiger partial charge >= 0.3 is 0 Å². The molecule has 0 unspecified atom stereocenters.